The third-order valence-corrected chi connectivity index (χ3v) is 10.1. The Hall–Kier alpha value is -1.59. The standard InChI is InChI=1S/C20H26ClF3N4O3S/c1-18(2)13-3-4-19(18,16(10-13)26-29)12-32(30,31)28-7-5-27(6-8-28)17-15(21)9-14(11-25-17)20(22,23)24/h9,11,13,29H,3-8,10,12H2,1-2H3. The van der Waals surface area contributed by atoms with Crippen LogP contribution in [-0.2, 0) is 16.2 Å². The number of halogens is 4. The molecule has 1 aromatic heterocycles. The summed E-state index contributed by atoms with van der Waals surface area (Å²) in [5, 5.41) is 12.9. The van der Waals surface area contributed by atoms with Gasteiger partial charge in [0.2, 0.25) is 10.0 Å². The Morgan fingerprint density at radius 1 is 1.28 bits per heavy atom. The fraction of sp³-hybridized carbons (Fsp3) is 0.700. The molecule has 1 aromatic rings. The van der Waals surface area contributed by atoms with E-state index < -0.39 is 27.2 Å². The van der Waals surface area contributed by atoms with E-state index in [0.717, 1.165) is 18.7 Å². The summed E-state index contributed by atoms with van der Waals surface area (Å²) in [6, 6.07) is 0.834. The van der Waals surface area contributed by atoms with Crippen LogP contribution < -0.4 is 4.90 Å². The average Bonchev–Trinajstić information content (AvgIpc) is 3.07. The number of anilines is 1. The van der Waals surface area contributed by atoms with Gasteiger partial charge in [-0.2, -0.15) is 17.5 Å². The van der Waals surface area contributed by atoms with Gasteiger partial charge in [-0.05, 0) is 36.7 Å². The van der Waals surface area contributed by atoms with E-state index in [1.54, 1.807) is 4.90 Å². The fourth-order valence-corrected chi connectivity index (χ4v) is 8.17. The van der Waals surface area contributed by atoms with Gasteiger partial charge in [-0.25, -0.2) is 13.4 Å². The molecule has 0 radical (unpaired) electrons. The van der Waals surface area contributed by atoms with Gasteiger partial charge in [0.05, 0.1) is 22.1 Å². The van der Waals surface area contributed by atoms with Gasteiger partial charge in [0.1, 0.15) is 5.82 Å². The summed E-state index contributed by atoms with van der Waals surface area (Å²) < 4.78 is 66.7. The van der Waals surface area contributed by atoms with Crippen molar-refractivity contribution in [3.63, 3.8) is 0 Å². The van der Waals surface area contributed by atoms with Gasteiger partial charge >= 0.3 is 6.18 Å². The molecule has 12 heteroatoms. The molecule has 1 aliphatic heterocycles. The number of rotatable bonds is 4. The highest BCUT2D eigenvalue weighted by Crippen LogP contribution is 2.64. The highest BCUT2D eigenvalue weighted by molar-refractivity contribution is 7.89. The minimum atomic E-state index is -4.54. The van der Waals surface area contributed by atoms with Crippen LogP contribution >= 0.6 is 11.6 Å². The minimum absolute atomic E-state index is 0.109. The largest absolute Gasteiger partial charge is 0.417 e. The predicted molar refractivity (Wildman–Crippen MR) is 115 cm³/mol. The highest BCUT2D eigenvalue weighted by atomic mass is 35.5. The van der Waals surface area contributed by atoms with E-state index in [0.29, 0.717) is 24.5 Å². The number of hydrogen-bond acceptors (Lipinski definition) is 6. The van der Waals surface area contributed by atoms with Crippen LogP contribution in [0.3, 0.4) is 0 Å². The molecule has 2 aliphatic carbocycles. The van der Waals surface area contributed by atoms with E-state index >= 15 is 0 Å². The Balaban J connectivity index is 1.48. The maximum absolute atomic E-state index is 13.3. The van der Waals surface area contributed by atoms with Gasteiger partial charge in [0.25, 0.3) is 0 Å². The first kappa shape index (κ1) is 23.6. The first-order valence-corrected chi connectivity index (χ1v) is 12.5. The van der Waals surface area contributed by atoms with Crippen molar-refractivity contribution in [2.45, 2.75) is 39.3 Å². The van der Waals surface area contributed by atoms with Crippen molar-refractivity contribution in [3.8, 4) is 0 Å². The Bertz CT molecular complexity index is 1040. The number of hydrogen-bond donors (Lipinski definition) is 1. The van der Waals surface area contributed by atoms with E-state index in [1.807, 2.05) is 0 Å². The summed E-state index contributed by atoms with van der Waals surface area (Å²) in [5.74, 6) is 0.399. The number of sulfonamides is 1. The van der Waals surface area contributed by atoms with Crippen molar-refractivity contribution in [3.05, 3.63) is 22.8 Å². The van der Waals surface area contributed by atoms with Crippen LogP contribution in [0.15, 0.2) is 17.4 Å². The summed E-state index contributed by atoms with van der Waals surface area (Å²) in [4.78, 5) is 5.56. The van der Waals surface area contributed by atoms with Crippen molar-refractivity contribution in [1.82, 2.24) is 9.29 Å². The lowest BCUT2D eigenvalue weighted by Crippen LogP contribution is -2.53. The first-order valence-electron chi connectivity index (χ1n) is 10.5. The zero-order valence-electron chi connectivity index (χ0n) is 17.9. The van der Waals surface area contributed by atoms with Crippen molar-refractivity contribution < 1.29 is 26.8 Å². The van der Waals surface area contributed by atoms with E-state index in [-0.39, 0.29) is 48.2 Å². The molecule has 4 rings (SSSR count). The van der Waals surface area contributed by atoms with Gasteiger partial charge < -0.3 is 10.1 Å². The molecule has 2 atom stereocenters. The van der Waals surface area contributed by atoms with E-state index in [2.05, 4.69) is 24.0 Å². The Morgan fingerprint density at radius 3 is 2.47 bits per heavy atom. The Kier molecular flexibility index (Phi) is 5.69. The second-order valence-electron chi connectivity index (χ2n) is 9.46. The molecule has 0 aromatic carbocycles. The van der Waals surface area contributed by atoms with Gasteiger partial charge in [0.15, 0.2) is 0 Å². The number of alkyl halides is 3. The second kappa shape index (κ2) is 7.73. The summed E-state index contributed by atoms with van der Waals surface area (Å²) in [7, 11) is -3.65. The molecular formula is C20H26ClF3N4O3S. The zero-order chi connectivity index (χ0) is 23.5. The molecule has 1 N–H and O–H groups in total. The SMILES string of the molecule is CC1(C)C2CCC1(CS(=O)(=O)N1CCN(c3ncc(C(F)(F)F)cc3Cl)CC1)C(=NO)C2. The van der Waals surface area contributed by atoms with E-state index in [4.69, 9.17) is 11.6 Å². The number of fused-ring (bicyclic) bond motifs is 2. The predicted octanol–water partition coefficient (Wildman–Crippen LogP) is 3.86. The number of oxime groups is 1. The third-order valence-electron chi connectivity index (χ3n) is 7.80. The summed E-state index contributed by atoms with van der Waals surface area (Å²) >= 11 is 6.04. The molecule has 3 fully saturated rings. The molecule has 2 heterocycles. The number of aromatic nitrogens is 1. The molecule has 7 nitrogen and oxygen atoms in total. The smallest absolute Gasteiger partial charge is 0.411 e. The van der Waals surface area contributed by atoms with Gasteiger partial charge in [-0.3, -0.25) is 0 Å². The molecule has 2 bridgehead atoms. The summed E-state index contributed by atoms with van der Waals surface area (Å²) in [6.07, 6.45) is -1.60. The molecular weight excluding hydrogens is 469 g/mol. The lowest BCUT2D eigenvalue weighted by molar-refractivity contribution is -0.137. The molecule has 0 amide bonds. The third kappa shape index (κ3) is 3.66. The van der Waals surface area contributed by atoms with Crippen molar-refractivity contribution in [2.24, 2.45) is 21.9 Å². The first-order chi connectivity index (χ1) is 14.8. The lowest BCUT2D eigenvalue weighted by atomic mass is 9.70. The van der Waals surface area contributed by atoms with Crippen LogP contribution in [0.1, 0.15) is 38.7 Å². The van der Waals surface area contributed by atoms with Crippen LogP contribution in [0.25, 0.3) is 0 Å². The highest BCUT2D eigenvalue weighted by Gasteiger charge is 2.64. The molecule has 3 aliphatic rings. The van der Waals surface area contributed by atoms with Gasteiger partial charge in [-0.15, -0.1) is 0 Å². The van der Waals surface area contributed by atoms with Crippen molar-refractivity contribution in [1.29, 1.82) is 0 Å². The Labute approximate surface area is 190 Å². The fourth-order valence-electron chi connectivity index (χ4n) is 5.67. The van der Waals surface area contributed by atoms with Crippen LogP contribution in [-0.4, -0.2) is 60.6 Å². The van der Waals surface area contributed by atoms with Crippen LogP contribution in [0, 0.1) is 16.7 Å². The van der Waals surface area contributed by atoms with E-state index in [1.165, 1.54) is 4.31 Å². The van der Waals surface area contributed by atoms with Gasteiger partial charge in [0, 0.05) is 37.8 Å². The monoisotopic (exact) mass is 494 g/mol. The van der Waals surface area contributed by atoms with Crippen molar-refractivity contribution in [2.75, 3.05) is 36.8 Å². The quantitative estimate of drug-likeness (QED) is 0.507. The molecule has 178 valence electrons. The molecule has 2 saturated carbocycles. The topological polar surface area (TPSA) is 86.1 Å². The number of piperazine rings is 1. The Morgan fingerprint density at radius 2 is 1.94 bits per heavy atom. The molecule has 32 heavy (non-hydrogen) atoms. The average molecular weight is 495 g/mol. The normalized spacial score (nSPS) is 29.8. The van der Waals surface area contributed by atoms with Crippen LogP contribution in [0.4, 0.5) is 19.0 Å². The molecule has 0 spiro atoms. The zero-order valence-corrected chi connectivity index (χ0v) is 19.4. The van der Waals surface area contributed by atoms with Crippen LogP contribution in [0.5, 0.6) is 0 Å². The minimum Gasteiger partial charge on any atom is -0.411 e. The van der Waals surface area contributed by atoms with Gasteiger partial charge in [-0.1, -0.05) is 30.6 Å². The van der Waals surface area contributed by atoms with Crippen molar-refractivity contribution >= 4 is 33.2 Å². The number of nitrogens with zero attached hydrogens (tertiary/aromatic N) is 4. The molecule has 2 unspecified atom stereocenters. The maximum atomic E-state index is 13.3. The van der Waals surface area contributed by atoms with E-state index in [9.17, 15) is 26.8 Å². The molecule has 1 saturated heterocycles. The van der Waals surface area contributed by atoms with Crippen LogP contribution in [0.2, 0.25) is 5.02 Å². The maximum Gasteiger partial charge on any atom is 0.417 e. The summed E-state index contributed by atoms with van der Waals surface area (Å²) in [6.45, 7) is 4.97. The lowest BCUT2D eigenvalue weighted by Gasteiger charge is -2.40. The summed E-state index contributed by atoms with van der Waals surface area (Å²) in [5.41, 5.74) is -1.31. The second-order valence-corrected chi connectivity index (χ2v) is 11.8. The number of pyridine rings is 1.